The van der Waals surface area contributed by atoms with Gasteiger partial charge in [0.1, 0.15) is 12.0 Å². The van der Waals surface area contributed by atoms with Crippen molar-refractivity contribution in [3.63, 3.8) is 0 Å². The zero-order chi connectivity index (χ0) is 36.3. The Morgan fingerprint density at radius 1 is 0.418 bits per heavy atom. The van der Waals surface area contributed by atoms with E-state index in [0.717, 1.165) is 33.8 Å². The van der Waals surface area contributed by atoms with Gasteiger partial charge in [-0.05, 0) is 79.3 Å². The summed E-state index contributed by atoms with van der Waals surface area (Å²) >= 11 is 0. The third-order valence-corrected chi connectivity index (χ3v) is 11.0. The van der Waals surface area contributed by atoms with Gasteiger partial charge in [0.2, 0.25) is 0 Å². The van der Waals surface area contributed by atoms with Crippen LogP contribution in [-0.2, 0) is 0 Å². The van der Waals surface area contributed by atoms with Gasteiger partial charge in [0, 0.05) is 27.6 Å². The van der Waals surface area contributed by atoms with Gasteiger partial charge < -0.3 is 9.88 Å². The van der Waals surface area contributed by atoms with Crippen molar-refractivity contribution in [3.8, 4) is 16.8 Å². The van der Waals surface area contributed by atoms with Crippen LogP contribution in [0.1, 0.15) is 22.9 Å². The summed E-state index contributed by atoms with van der Waals surface area (Å²) in [6.07, 6.45) is -0.234. The van der Waals surface area contributed by atoms with Crippen molar-refractivity contribution in [2.45, 2.75) is 6.17 Å². The fraction of sp³-hybridized carbons (Fsp3) is 0.0196. The van der Waals surface area contributed by atoms with Crippen LogP contribution in [-0.4, -0.2) is 16.2 Å². The Hall–Kier alpha value is -7.30. The molecule has 0 spiro atoms. The van der Waals surface area contributed by atoms with E-state index in [2.05, 4.69) is 180 Å². The van der Waals surface area contributed by atoms with Gasteiger partial charge in [-0.2, -0.15) is 0 Å². The minimum absolute atomic E-state index is 0.234. The molecule has 1 N–H and O–H groups in total. The van der Waals surface area contributed by atoms with Crippen molar-refractivity contribution in [1.82, 2.24) is 9.88 Å². The molecule has 0 amide bonds. The van der Waals surface area contributed by atoms with Gasteiger partial charge in [0.25, 0.3) is 0 Å². The van der Waals surface area contributed by atoms with Gasteiger partial charge in [0.15, 0.2) is 5.84 Å². The van der Waals surface area contributed by atoms with Gasteiger partial charge in [0.05, 0.1) is 11.0 Å². The van der Waals surface area contributed by atoms with E-state index in [4.69, 9.17) is 9.98 Å². The number of nitrogens with zero attached hydrogens (tertiary/aromatic N) is 3. The lowest BCUT2D eigenvalue weighted by atomic mass is 9.97. The fourth-order valence-corrected chi connectivity index (χ4v) is 8.31. The maximum absolute atomic E-state index is 5.08. The Morgan fingerprint density at radius 2 is 1.04 bits per heavy atom. The Kier molecular flexibility index (Phi) is 7.20. The second-order valence-electron chi connectivity index (χ2n) is 14.3. The first-order valence-electron chi connectivity index (χ1n) is 18.8. The molecule has 0 saturated heterocycles. The summed E-state index contributed by atoms with van der Waals surface area (Å²) in [7, 11) is 0. The molecular weight excluding hydrogens is 669 g/mol. The van der Waals surface area contributed by atoms with E-state index in [-0.39, 0.29) is 6.17 Å². The maximum Gasteiger partial charge on any atom is 0.159 e. The van der Waals surface area contributed by atoms with Crippen molar-refractivity contribution in [2.24, 2.45) is 9.98 Å². The summed E-state index contributed by atoms with van der Waals surface area (Å²) in [5.41, 5.74) is 8.99. The minimum atomic E-state index is -0.234. The Labute approximate surface area is 318 Å². The van der Waals surface area contributed by atoms with E-state index in [9.17, 15) is 0 Å². The predicted molar refractivity (Wildman–Crippen MR) is 231 cm³/mol. The van der Waals surface area contributed by atoms with Crippen LogP contribution in [0.4, 0.5) is 0 Å². The van der Waals surface area contributed by atoms with Crippen LogP contribution in [0.25, 0.3) is 70.9 Å². The van der Waals surface area contributed by atoms with E-state index in [1.54, 1.807) is 0 Å². The summed E-state index contributed by atoms with van der Waals surface area (Å²) < 4.78 is 2.43. The number of fused-ring (bicyclic) bond motifs is 8. The number of para-hydroxylation sites is 1. The van der Waals surface area contributed by atoms with Crippen molar-refractivity contribution >= 4 is 65.8 Å². The largest absolute Gasteiger partial charge is 0.344 e. The normalized spacial score (nSPS) is 14.4. The fourth-order valence-electron chi connectivity index (χ4n) is 8.31. The smallest absolute Gasteiger partial charge is 0.159 e. The standard InChI is InChI=1S/C51H34N4/c1-3-12-37(13-4-1)49-52-50(38-14-5-2-6-15-38)54-51(53-49)39-24-19-33(20-25-39)40-26-23-36-28-30-47-48(45(36)31-40)43-17-9-10-18-46(43)55(47)41-29-27-35-22-21-34-11-7-8-16-42(34)44(35)32-41/h1-32,49H,(H,52,53,54). The lowest BCUT2D eigenvalue weighted by Crippen LogP contribution is -2.33. The highest BCUT2D eigenvalue weighted by Gasteiger charge is 2.21. The molecule has 4 nitrogen and oxygen atoms in total. The Bertz CT molecular complexity index is 3160. The molecule has 11 rings (SSSR count). The van der Waals surface area contributed by atoms with Gasteiger partial charge in [-0.15, -0.1) is 0 Å². The second kappa shape index (κ2) is 12.7. The van der Waals surface area contributed by atoms with Crippen molar-refractivity contribution in [2.75, 3.05) is 0 Å². The van der Waals surface area contributed by atoms with Gasteiger partial charge in [-0.1, -0.05) is 164 Å². The number of benzene rings is 9. The molecule has 0 aliphatic carbocycles. The highest BCUT2D eigenvalue weighted by Crippen LogP contribution is 2.39. The third kappa shape index (κ3) is 5.30. The van der Waals surface area contributed by atoms with Gasteiger partial charge in [-0.25, -0.2) is 9.98 Å². The predicted octanol–water partition coefficient (Wildman–Crippen LogP) is 12.4. The monoisotopic (exact) mass is 702 g/mol. The number of nitrogens with one attached hydrogen (secondary N) is 1. The Balaban J connectivity index is 1.02. The number of hydrogen-bond donors (Lipinski definition) is 1. The van der Waals surface area contributed by atoms with Gasteiger partial charge >= 0.3 is 0 Å². The summed E-state index contributed by atoms with van der Waals surface area (Å²) in [6, 6.07) is 69.4. The lowest BCUT2D eigenvalue weighted by molar-refractivity contribution is 0.674. The van der Waals surface area contributed by atoms with Gasteiger partial charge in [-0.3, -0.25) is 0 Å². The summed E-state index contributed by atoms with van der Waals surface area (Å²) in [6.45, 7) is 0. The molecule has 1 atom stereocenters. The zero-order valence-corrected chi connectivity index (χ0v) is 29.9. The number of rotatable bonds is 5. The van der Waals surface area contributed by atoms with Crippen LogP contribution in [0.3, 0.4) is 0 Å². The zero-order valence-electron chi connectivity index (χ0n) is 29.9. The molecule has 1 unspecified atom stereocenters. The van der Waals surface area contributed by atoms with Crippen molar-refractivity contribution in [3.05, 3.63) is 211 Å². The average Bonchev–Trinajstić information content (AvgIpc) is 3.61. The number of hydrogen-bond acceptors (Lipinski definition) is 3. The molecule has 0 bridgehead atoms. The number of aliphatic imine (C=N–C) groups is 2. The molecule has 258 valence electrons. The highest BCUT2D eigenvalue weighted by atomic mass is 15.2. The first kappa shape index (κ1) is 31.2. The average molecular weight is 703 g/mol. The number of aromatic nitrogens is 1. The number of amidine groups is 2. The molecule has 1 aliphatic heterocycles. The van der Waals surface area contributed by atoms with E-state index < -0.39 is 0 Å². The van der Waals surface area contributed by atoms with E-state index in [1.165, 1.54) is 59.7 Å². The molecule has 0 saturated carbocycles. The highest BCUT2D eigenvalue weighted by molar-refractivity contribution is 6.22. The molecule has 4 heteroatoms. The molecule has 2 heterocycles. The first-order chi connectivity index (χ1) is 27.2. The van der Waals surface area contributed by atoms with Crippen LogP contribution in [0.2, 0.25) is 0 Å². The first-order valence-corrected chi connectivity index (χ1v) is 18.8. The molecule has 0 radical (unpaired) electrons. The third-order valence-electron chi connectivity index (χ3n) is 11.0. The van der Waals surface area contributed by atoms with Crippen LogP contribution >= 0.6 is 0 Å². The van der Waals surface area contributed by atoms with Crippen LogP contribution < -0.4 is 5.32 Å². The van der Waals surface area contributed by atoms with Crippen molar-refractivity contribution < 1.29 is 0 Å². The van der Waals surface area contributed by atoms with Crippen LogP contribution in [0, 0.1) is 0 Å². The van der Waals surface area contributed by atoms with E-state index in [1.807, 2.05) is 24.3 Å². The molecule has 55 heavy (non-hydrogen) atoms. The van der Waals surface area contributed by atoms with Crippen LogP contribution in [0.5, 0.6) is 0 Å². The molecule has 0 fully saturated rings. The van der Waals surface area contributed by atoms with E-state index >= 15 is 0 Å². The quantitative estimate of drug-likeness (QED) is 0.178. The molecule has 10 aromatic rings. The van der Waals surface area contributed by atoms with Crippen LogP contribution in [0.15, 0.2) is 204 Å². The summed E-state index contributed by atoms with van der Waals surface area (Å²) in [5, 5.41) is 13.6. The molecular formula is C51H34N4. The van der Waals surface area contributed by atoms with E-state index in [0.29, 0.717) is 5.84 Å². The molecule has 1 aliphatic rings. The summed E-state index contributed by atoms with van der Waals surface area (Å²) in [5.74, 6) is 1.53. The lowest BCUT2D eigenvalue weighted by Gasteiger charge is -2.23. The topological polar surface area (TPSA) is 41.7 Å². The Morgan fingerprint density at radius 3 is 1.87 bits per heavy atom. The van der Waals surface area contributed by atoms with Crippen molar-refractivity contribution in [1.29, 1.82) is 0 Å². The summed E-state index contributed by atoms with van der Waals surface area (Å²) in [4.78, 5) is 10.1. The SMILES string of the molecule is c1ccc(C2=NC(c3ccc(-c4ccc5ccc6c(c5c4)c4ccccc4n6-c4ccc5ccc6ccccc6c5c4)cc3)=NC(c3ccccc3)N2)cc1. The molecule has 9 aromatic carbocycles. The minimum Gasteiger partial charge on any atom is -0.344 e. The second-order valence-corrected chi connectivity index (χ2v) is 14.3. The molecule has 1 aromatic heterocycles. The maximum atomic E-state index is 5.08.